The molecule has 1 unspecified atom stereocenters. The van der Waals surface area contributed by atoms with Crippen LogP contribution in [0.2, 0.25) is 0 Å². The van der Waals surface area contributed by atoms with E-state index in [9.17, 15) is 4.79 Å². The van der Waals surface area contributed by atoms with E-state index in [-0.39, 0.29) is 6.04 Å². The van der Waals surface area contributed by atoms with Crippen molar-refractivity contribution in [3.8, 4) is 0 Å². The summed E-state index contributed by atoms with van der Waals surface area (Å²) < 4.78 is 4.96. The minimum atomic E-state index is -0.424. The van der Waals surface area contributed by atoms with Gasteiger partial charge in [0.05, 0.1) is 12.8 Å². The number of hydrogen-bond donors (Lipinski definition) is 2. The third-order valence-corrected chi connectivity index (χ3v) is 6.28. The van der Waals surface area contributed by atoms with Gasteiger partial charge in [-0.05, 0) is 36.2 Å². The molecule has 0 amide bonds. The number of esters is 1. The molecular weight excluding hydrogens is 412 g/mol. The Bertz CT molecular complexity index is 1030. The number of nitrogen functional groups attached to an aromatic ring is 1. The van der Waals surface area contributed by atoms with E-state index >= 15 is 0 Å². The van der Waals surface area contributed by atoms with Crippen LogP contribution in [-0.4, -0.2) is 56.7 Å². The summed E-state index contributed by atoms with van der Waals surface area (Å²) in [6.07, 6.45) is 0.926. The second-order valence-corrected chi connectivity index (χ2v) is 8.34. The molecule has 3 aromatic rings. The zero-order chi connectivity index (χ0) is 23.0. The van der Waals surface area contributed by atoms with Gasteiger partial charge in [0, 0.05) is 50.1 Å². The minimum absolute atomic E-state index is 0.275. The number of nitrogens with two attached hydrogens (primary N) is 1. The van der Waals surface area contributed by atoms with Gasteiger partial charge < -0.3 is 20.7 Å². The highest BCUT2D eigenvalue weighted by Gasteiger charge is 2.25. The standard InChI is InChI=1S/C27H32N4O2/c1-33-27(32)26-24(28)13-8-14-25(26)29-20-23(19-21-9-4-2-5-10-21)31-17-15-30(16-18-31)22-11-6-3-7-12-22/h2-14,23,29H,15-20,28H2,1H3. The molecule has 0 aromatic heterocycles. The number of methoxy groups -OCH3 is 1. The van der Waals surface area contributed by atoms with Crippen LogP contribution in [0.5, 0.6) is 0 Å². The number of hydrogen-bond acceptors (Lipinski definition) is 6. The van der Waals surface area contributed by atoms with Crippen molar-refractivity contribution in [1.82, 2.24) is 4.90 Å². The van der Waals surface area contributed by atoms with E-state index in [1.165, 1.54) is 18.4 Å². The summed E-state index contributed by atoms with van der Waals surface area (Å²) in [6.45, 7) is 4.64. The molecule has 0 saturated carbocycles. The fourth-order valence-corrected chi connectivity index (χ4v) is 4.48. The second-order valence-electron chi connectivity index (χ2n) is 8.34. The van der Waals surface area contributed by atoms with Crippen molar-refractivity contribution in [3.63, 3.8) is 0 Å². The molecule has 1 fully saturated rings. The van der Waals surface area contributed by atoms with E-state index in [1.54, 1.807) is 6.07 Å². The van der Waals surface area contributed by atoms with E-state index < -0.39 is 5.97 Å². The highest BCUT2D eigenvalue weighted by atomic mass is 16.5. The summed E-state index contributed by atoms with van der Waals surface area (Å²) in [6, 6.07) is 26.9. The highest BCUT2D eigenvalue weighted by Crippen LogP contribution is 2.24. The fraction of sp³-hybridized carbons (Fsp3) is 0.296. The average Bonchev–Trinajstić information content (AvgIpc) is 2.87. The Morgan fingerprint density at radius 2 is 1.61 bits per heavy atom. The van der Waals surface area contributed by atoms with Crippen molar-refractivity contribution in [2.75, 3.05) is 55.8 Å². The van der Waals surface area contributed by atoms with Crippen molar-refractivity contribution < 1.29 is 9.53 Å². The van der Waals surface area contributed by atoms with Gasteiger partial charge in [-0.25, -0.2) is 4.79 Å². The van der Waals surface area contributed by atoms with Crippen LogP contribution in [0.1, 0.15) is 15.9 Å². The number of rotatable bonds is 8. The summed E-state index contributed by atoms with van der Waals surface area (Å²) in [5, 5.41) is 3.49. The fourth-order valence-electron chi connectivity index (χ4n) is 4.48. The van der Waals surface area contributed by atoms with Crippen molar-refractivity contribution in [3.05, 3.63) is 90.0 Å². The molecule has 1 saturated heterocycles. The molecule has 1 atom stereocenters. The van der Waals surface area contributed by atoms with E-state index in [0.717, 1.165) is 32.6 Å². The summed E-state index contributed by atoms with van der Waals surface area (Å²) in [5.74, 6) is -0.424. The molecule has 3 N–H and O–H groups in total. The molecule has 0 radical (unpaired) electrons. The Labute approximate surface area is 196 Å². The Balaban J connectivity index is 1.48. The molecule has 0 spiro atoms. The van der Waals surface area contributed by atoms with Crippen LogP contribution in [0.4, 0.5) is 17.1 Å². The third-order valence-electron chi connectivity index (χ3n) is 6.28. The zero-order valence-corrected chi connectivity index (χ0v) is 19.1. The summed E-state index contributed by atoms with van der Waals surface area (Å²) in [4.78, 5) is 17.3. The SMILES string of the molecule is COC(=O)c1c(N)cccc1NCC(Cc1ccccc1)N1CCN(c2ccccc2)CC1. The molecule has 0 aliphatic carbocycles. The number of piperazine rings is 1. The molecule has 172 valence electrons. The maximum atomic E-state index is 12.3. The number of carbonyl (C=O) groups is 1. The maximum Gasteiger partial charge on any atom is 0.342 e. The van der Waals surface area contributed by atoms with E-state index in [0.29, 0.717) is 23.5 Å². The Hall–Kier alpha value is -3.51. The Morgan fingerprint density at radius 1 is 0.939 bits per heavy atom. The van der Waals surface area contributed by atoms with Crippen LogP contribution in [-0.2, 0) is 11.2 Å². The number of nitrogens with one attached hydrogen (secondary N) is 1. The highest BCUT2D eigenvalue weighted by molar-refractivity contribution is 6.01. The summed E-state index contributed by atoms with van der Waals surface area (Å²) >= 11 is 0. The van der Waals surface area contributed by atoms with Gasteiger partial charge in [-0.15, -0.1) is 0 Å². The van der Waals surface area contributed by atoms with E-state index in [1.807, 2.05) is 18.2 Å². The van der Waals surface area contributed by atoms with Crippen molar-refractivity contribution in [2.45, 2.75) is 12.5 Å². The first-order valence-corrected chi connectivity index (χ1v) is 11.4. The Morgan fingerprint density at radius 3 is 2.27 bits per heavy atom. The van der Waals surface area contributed by atoms with E-state index in [2.05, 4.69) is 69.7 Å². The predicted octanol–water partition coefficient (Wildman–Crippen LogP) is 3.90. The first kappa shape index (κ1) is 22.7. The topological polar surface area (TPSA) is 70.8 Å². The maximum absolute atomic E-state index is 12.3. The first-order valence-electron chi connectivity index (χ1n) is 11.4. The van der Waals surface area contributed by atoms with Crippen LogP contribution in [0.15, 0.2) is 78.9 Å². The number of benzene rings is 3. The molecule has 0 bridgehead atoms. The minimum Gasteiger partial charge on any atom is -0.465 e. The van der Waals surface area contributed by atoms with Crippen LogP contribution in [0, 0.1) is 0 Å². The molecule has 4 rings (SSSR count). The van der Waals surface area contributed by atoms with Gasteiger partial charge in [0.1, 0.15) is 5.56 Å². The smallest absolute Gasteiger partial charge is 0.342 e. The van der Waals surface area contributed by atoms with Gasteiger partial charge in [0.25, 0.3) is 0 Å². The lowest BCUT2D eigenvalue weighted by atomic mass is 10.0. The lowest BCUT2D eigenvalue weighted by Crippen LogP contribution is -2.53. The second kappa shape index (κ2) is 10.9. The number of para-hydroxylation sites is 1. The zero-order valence-electron chi connectivity index (χ0n) is 19.1. The number of anilines is 3. The normalized spacial score (nSPS) is 15.1. The van der Waals surface area contributed by atoms with Gasteiger partial charge in [-0.1, -0.05) is 54.6 Å². The predicted molar refractivity (Wildman–Crippen MR) is 135 cm³/mol. The van der Waals surface area contributed by atoms with Crippen LogP contribution in [0.3, 0.4) is 0 Å². The average molecular weight is 445 g/mol. The monoisotopic (exact) mass is 444 g/mol. The molecule has 6 heteroatoms. The van der Waals surface area contributed by atoms with Crippen molar-refractivity contribution >= 4 is 23.0 Å². The molecule has 33 heavy (non-hydrogen) atoms. The quantitative estimate of drug-likeness (QED) is 0.406. The first-order chi connectivity index (χ1) is 16.2. The molecule has 1 aliphatic heterocycles. The van der Waals surface area contributed by atoms with E-state index in [4.69, 9.17) is 10.5 Å². The van der Waals surface area contributed by atoms with Gasteiger partial charge in [0.2, 0.25) is 0 Å². The van der Waals surface area contributed by atoms with Gasteiger partial charge in [-0.2, -0.15) is 0 Å². The number of carbonyl (C=O) groups excluding carboxylic acids is 1. The lowest BCUT2D eigenvalue weighted by Gasteiger charge is -2.40. The molecular formula is C27H32N4O2. The molecule has 6 nitrogen and oxygen atoms in total. The molecule has 3 aromatic carbocycles. The van der Waals surface area contributed by atoms with Crippen LogP contribution < -0.4 is 16.0 Å². The van der Waals surface area contributed by atoms with Crippen molar-refractivity contribution in [2.24, 2.45) is 0 Å². The number of nitrogens with zero attached hydrogens (tertiary/aromatic N) is 2. The van der Waals surface area contributed by atoms with Crippen LogP contribution >= 0.6 is 0 Å². The van der Waals surface area contributed by atoms with Crippen LogP contribution in [0.25, 0.3) is 0 Å². The number of ether oxygens (including phenoxy) is 1. The summed E-state index contributed by atoms with van der Waals surface area (Å²) in [7, 11) is 1.38. The lowest BCUT2D eigenvalue weighted by molar-refractivity contribution is 0.0603. The van der Waals surface area contributed by atoms with Gasteiger partial charge >= 0.3 is 5.97 Å². The molecule has 1 heterocycles. The van der Waals surface area contributed by atoms with Crippen molar-refractivity contribution in [1.29, 1.82) is 0 Å². The third kappa shape index (κ3) is 5.65. The molecule has 1 aliphatic rings. The Kier molecular flexibility index (Phi) is 7.47. The van der Waals surface area contributed by atoms with Gasteiger partial charge in [-0.3, -0.25) is 4.90 Å². The van der Waals surface area contributed by atoms with Gasteiger partial charge in [0.15, 0.2) is 0 Å². The summed E-state index contributed by atoms with van der Waals surface area (Å²) in [5.41, 5.74) is 10.2. The largest absolute Gasteiger partial charge is 0.465 e.